The summed E-state index contributed by atoms with van der Waals surface area (Å²) in [5, 5.41) is 19.6. The Morgan fingerprint density at radius 1 is 0.224 bits per heavy atom. The Bertz CT molecular complexity index is 6430. The molecular formula is C92H58N6. The van der Waals surface area contributed by atoms with Crippen molar-refractivity contribution in [3.8, 4) is 84.5 Å². The molecule has 0 saturated carbocycles. The smallest absolute Gasteiger partial charge is 0.189 e. The van der Waals surface area contributed by atoms with E-state index in [0.29, 0.717) is 11.3 Å². The second-order valence-corrected chi connectivity index (χ2v) is 25.0. The van der Waals surface area contributed by atoms with Crippen molar-refractivity contribution in [2.45, 2.75) is 0 Å². The third-order valence-corrected chi connectivity index (χ3v) is 19.5. The summed E-state index contributed by atoms with van der Waals surface area (Å²) in [4.78, 5) is 3.67. The van der Waals surface area contributed by atoms with Crippen LogP contribution in [-0.4, -0.2) is 18.3 Å². The molecule has 0 atom stereocenters. The zero-order valence-electron chi connectivity index (χ0n) is 53.2. The molecule has 0 aliphatic carbocycles. The summed E-state index contributed by atoms with van der Waals surface area (Å²) in [6.07, 6.45) is 0. The van der Waals surface area contributed by atoms with Crippen LogP contribution in [0, 0.1) is 17.9 Å². The molecule has 0 unspecified atom stereocenters. The minimum Gasteiger partial charge on any atom is -0.311 e. The molecule has 456 valence electrons. The van der Waals surface area contributed by atoms with Gasteiger partial charge in [0.1, 0.15) is 6.07 Å². The lowest BCUT2D eigenvalue weighted by Gasteiger charge is -2.10. The summed E-state index contributed by atoms with van der Waals surface area (Å²) in [6, 6.07) is 127. The molecule has 19 aromatic rings. The van der Waals surface area contributed by atoms with Crippen LogP contribution in [0.3, 0.4) is 0 Å². The van der Waals surface area contributed by atoms with E-state index in [1.807, 2.05) is 42.5 Å². The van der Waals surface area contributed by atoms with Crippen LogP contribution in [0.5, 0.6) is 0 Å². The fourth-order valence-corrected chi connectivity index (χ4v) is 14.9. The molecule has 98 heavy (non-hydrogen) atoms. The predicted octanol–water partition coefficient (Wildman–Crippen LogP) is 24.5. The molecule has 0 N–H and O–H groups in total. The Morgan fingerprint density at radius 3 is 0.939 bits per heavy atom. The molecule has 4 aromatic heterocycles. The first-order valence-electron chi connectivity index (χ1n) is 33.0. The first kappa shape index (κ1) is 57.2. The lowest BCUT2D eigenvalue weighted by molar-refractivity contribution is 1.17. The number of nitrogens with zero attached hydrogens (tertiary/aromatic N) is 6. The van der Waals surface area contributed by atoms with Crippen LogP contribution in [0.4, 0.5) is 5.69 Å². The van der Waals surface area contributed by atoms with Crippen LogP contribution in [0.1, 0.15) is 5.56 Å². The van der Waals surface area contributed by atoms with E-state index < -0.39 is 0 Å². The van der Waals surface area contributed by atoms with Gasteiger partial charge in [0.05, 0.1) is 62.0 Å². The molecule has 19 rings (SSSR count). The summed E-state index contributed by atoms with van der Waals surface area (Å²) in [6.45, 7) is 7.52. The lowest BCUT2D eigenvalue weighted by Crippen LogP contribution is -1.96. The maximum Gasteiger partial charge on any atom is 0.189 e. The van der Waals surface area contributed by atoms with E-state index in [2.05, 4.69) is 339 Å². The van der Waals surface area contributed by atoms with E-state index >= 15 is 0 Å². The number of nitriles is 1. The Morgan fingerprint density at radius 2 is 0.520 bits per heavy atom. The van der Waals surface area contributed by atoms with Gasteiger partial charge in [-0.2, -0.15) is 5.26 Å². The molecule has 4 heterocycles. The molecule has 0 bridgehead atoms. The summed E-state index contributed by atoms with van der Waals surface area (Å²) in [5.74, 6) is 0. The van der Waals surface area contributed by atoms with E-state index in [4.69, 9.17) is 6.57 Å². The van der Waals surface area contributed by atoms with Gasteiger partial charge in [-0.1, -0.05) is 224 Å². The Labute approximate surface area is 566 Å². The molecule has 0 saturated heterocycles. The number of hydrogen-bond acceptors (Lipinski definition) is 1. The van der Waals surface area contributed by atoms with Crippen LogP contribution in [0.25, 0.3) is 170 Å². The van der Waals surface area contributed by atoms with Gasteiger partial charge < -0.3 is 18.3 Å². The lowest BCUT2D eigenvalue weighted by atomic mass is 9.97. The summed E-state index contributed by atoms with van der Waals surface area (Å²) < 4.78 is 9.18. The van der Waals surface area contributed by atoms with Crippen molar-refractivity contribution in [1.82, 2.24) is 18.3 Å². The summed E-state index contributed by atoms with van der Waals surface area (Å²) in [5.41, 5.74) is 26.7. The summed E-state index contributed by atoms with van der Waals surface area (Å²) >= 11 is 0. The minimum atomic E-state index is 0.639. The van der Waals surface area contributed by atoms with Crippen molar-refractivity contribution in [2.75, 3.05) is 0 Å². The van der Waals surface area contributed by atoms with Crippen LogP contribution < -0.4 is 0 Å². The zero-order valence-corrected chi connectivity index (χ0v) is 53.2. The van der Waals surface area contributed by atoms with Gasteiger partial charge in [-0.05, 0) is 183 Å². The van der Waals surface area contributed by atoms with Crippen LogP contribution in [0.15, 0.2) is 352 Å². The highest BCUT2D eigenvalue weighted by molar-refractivity contribution is 6.14. The minimum absolute atomic E-state index is 0.639. The third kappa shape index (κ3) is 9.71. The van der Waals surface area contributed by atoms with Gasteiger partial charge >= 0.3 is 0 Å². The maximum atomic E-state index is 9.87. The fraction of sp³-hybridized carbons (Fsp3) is 0. The second-order valence-electron chi connectivity index (χ2n) is 25.0. The standard InChI is InChI=1S/C49H31N3.C43H27N3/c1-50-39-10-9-13-41(32-39)52-47-17-8-6-15-43(47)45-31-38(27-29-49(45)52)36-24-20-34(21-25-36)33-18-22-35(23-19-33)37-26-28-48-44(30-37)42-14-5-7-16-46(42)51(48)40-11-3-2-4-12-40;44-28-33-11-4-7-18-39(33)46-41-20-9-6-17-36(41)38-27-32(22-24-43(38)46)30-13-10-12-29(25-30)31-21-23-42-37(26-31)35-16-5-8-19-40(35)45(42)34-14-2-1-3-15-34/h2-32H;1-27H. The summed E-state index contributed by atoms with van der Waals surface area (Å²) in [7, 11) is 0. The quantitative estimate of drug-likeness (QED) is 0.133. The molecule has 0 spiro atoms. The zero-order chi connectivity index (χ0) is 65.2. The normalized spacial score (nSPS) is 11.4. The van der Waals surface area contributed by atoms with Crippen molar-refractivity contribution in [3.05, 3.63) is 369 Å². The van der Waals surface area contributed by atoms with Crippen molar-refractivity contribution in [1.29, 1.82) is 5.26 Å². The van der Waals surface area contributed by atoms with Gasteiger partial charge in [0.2, 0.25) is 0 Å². The van der Waals surface area contributed by atoms with E-state index in [1.54, 1.807) is 0 Å². The average molecular weight is 1250 g/mol. The number of para-hydroxylation sites is 7. The van der Waals surface area contributed by atoms with Crippen molar-refractivity contribution >= 4 is 92.9 Å². The third-order valence-electron chi connectivity index (χ3n) is 19.5. The second kappa shape index (κ2) is 23.8. The van der Waals surface area contributed by atoms with Crippen molar-refractivity contribution in [3.63, 3.8) is 0 Å². The molecule has 15 aromatic carbocycles. The Hall–Kier alpha value is -13.5. The highest BCUT2D eigenvalue weighted by Crippen LogP contribution is 2.42. The molecular weight excluding hydrogens is 1190 g/mol. The number of hydrogen-bond donors (Lipinski definition) is 0. The first-order valence-corrected chi connectivity index (χ1v) is 33.0. The maximum absolute atomic E-state index is 9.87. The highest BCUT2D eigenvalue weighted by atomic mass is 15.0. The van der Waals surface area contributed by atoms with Crippen LogP contribution >= 0.6 is 0 Å². The van der Waals surface area contributed by atoms with Crippen molar-refractivity contribution < 1.29 is 0 Å². The number of fused-ring (bicyclic) bond motifs is 12. The van der Waals surface area contributed by atoms with Gasteiger partial charge in [0, 0.05) is 60.2 Å². The topological polar surface area (TPSA) is 47.9 Å². The van der Waals surface area contributed by atoms with Gasteiger partial charge in [0.15, 0.2) is 5.69 Å². The number of rotatable bonds is 9. The van der Waals surface area contributed by atoms with Crippen molar-refractivity contribution in [2.24, 2.45) is 0 Å². The largest absolute Gasteiger partial charge is 0.311 e. The van der Waals surface area contributed by atoms with Gasteiger partial charge in [0.25, 0.3) is 0 Å². The molecule has 0 amide bonds. The monoisotopic (exact) mass is 1250 g/mol. The van der Waals surface area contributed by atoms with E-state index in [9.17, 15) is 5.26 Å². The number of benzene rings is 15. The van der Waals surface area contributed by atoms with Gasteiger partial charge in [-0.3, -0.25) is 0 Å². The van der Waals surface area contributed by atoms with E-state index in [-0.39, 0.29) is 0 Å². The predicted molar refractivity (Wildman–Crippen MR) is 408 cm³/mol. The molecule has 0 aliphatic heterocycles. The molecule has 0 fully saturated rings. The van der Waals surface area contributed by atoms with Crippen LogP contribution in [-0.2, 0) is 0 Å². The Kier molecular flexibility index (Phi) is 13.9. The highest BCUT2D eigenvalue weighted by Gasteiger charge is 2.20. The molecule has 6 nitrogen and oxygen atoms in total. The number of aromatic nitrogens is 4. The van der Waals surface area contributed by atoms with Crippen LogP contribution in [0.2, 0.25) is 0 Å². The average Bonchev–Trinajstić information content (AvgIpc) is 1.62. The van der Waals surface area contributed by atoms with E-state index in [0.717, 1.165) is 44.7 Å². The first-order chi connectivity index (χ1) is 48.5. The van der Waals surface area contributed by atoms with E-state index in [1.165, 1.54) is 121 Å². The molecule has 0 aliphatic rings. The SMILES string of the molecule is N#Cc1ccccc1-n1c2ccccc2c2cc(-c3cccc(-c4ccc5c(c4)c4ccccc4n5-c4ccccc4)c3)ccc21.[C-]#[N+]c1cccc(-n2c3ccccc3c3cc(-c4ccc(-c5ccc(-c6ccc7c(c6)c6ccccc6n7-c6ccccc6)cc5)cc4)ccc32)c1. The molecule has 6 heteroatoms. The Balaban J connectivity index is 0.000000143. The fourth-order valence-electron chi connectivity index (χ4n) is 14.9. The van der Waals surface area contributed by atoms with Gasteiger partial charge in [-0.15, -0.1) is 0 Å². The van der Waals surface area contributed by atoms with Gasteiger partial charge in [-0.25, -0.2) is 4.85 Å². The molecule has 0 radical (unpaired) electrons.